The highest BCUT2D eigenvalue weighted by atomic mass is 16.6. The zero-order valence-corrected chi connectivity index (χ0v) is 14.3. The first-order chi connectivity index (χ1) is 13.0. The van der Waals surface area contributed by atoms with Crippen LogP contribution in [0.1, 0.15) is 17.5 Å². The van der Waals surface area contributed by atoms with Crippen LogP contribution in [-0.4, -0.2) is 55.8 Å². The lowest BCUT2D eigenvalue weighted by molar-refractivity contribution is -0.144. The lowest BCUT2D eigenvalue weighted by atomic mass is 10.1. The quantitative estimate of drug-likeness (QED) is 0.555. The molecular formula is C18H20N2O7. The molecule has 1 aromatic carbocycles. The molecule has 1 aliphatic rings. The van der Waals surface area contributed by atoms with Crippen LogP contribution in [0.2, 0.25) is 0 Å². The topological polar surface area (TPSA) is 131 Å². The summed E-state index contributed by atoms with van der Waals surface area (Å²) in [5.74, 6) is -0.531. The third-order valence-electron chi connectivity index (χ3n) is 4.25. The minimum atomic E-state index is -1.39. The van der Waals surface area contributed by atoms with Gasteiger partial charge in [0.25, 0.3) is 0 Å². The number of aromatic nitrogens is 2. The second kappa shape index (κ2) is 8.40. The Morgan fingerprint density at radius 2 is 1.93 bits per heavy atom. The van der Waals surface area contributed by atoms with Gasteiger partial charge in [-0.15, -0.1) is 0 Å². The van der Waals surface area contributed by atoms with E-state index in [1.807, 2.05) is 30.3 Å². The number of carbonyl (C=O) groups is 1. The molecule has 1 saturated heterocycles. The monoisotopic (exact) mass is 376 g/mol. The number of aliphatic hydroxyl groups excluding tert-OH is 3. The minimum Gasteiger partial charge on any atom is -0.461 e. The van der Waals surface area contributed by atoms with Gasteiger partial charge in [-0.05, 0) is 11.6 Å². The molecule has 1 aliphatic heterocycles. The van der Waals surface area contributed by atoms with Crippen molar-refractivity contribution in [3.63, 3.8) is 0 Å². The lowest BCUT2D eigenvalue weighted by Crippen LogP contribution is -2.36. The SMILES string of the molecule is O=C(Cc1ccn(C2OC(CO)C(O)C2O)c(=O)n1)OCc1ccccc1. The van der Waals surface area contributed by atoms with Gasteiger partial charge in [0.15, 0.2) is 6.23 Å². The van der Waals surface area contributed by atoms with Crippen LogP contribution in [0.3, 0.4) is 0 Å². The fraction of sp³-hybridized carbons (Fsp3) is 0.389. The molecule has 0 amide bonds. The molecule has 1 aromatic heterocycles. The maximum absolute atomic E-state index is 12.2. The molecule has 9 heteroatoms. The van der Waals surface area contributed by atoms with Crippen molar-refractivity contribution >= 4 is 5.97 Å². The van der Waals surface area contributed by atoms with E-state index in [0.717, 1.165) is 10.1 Å². The van der Waals surface area contributed by atoms with Crippen LogP contribution in [0.15, 0.2) is 47.4 Å². The van der Waals surface area contributed by atoms with E-state index in [9.17, 15) is 19.8 Å². The molecule has 1 fully saturated rings. The fourth-order valence-corrected chi connectivity index (χ4v) is 2.79. The predicted octanol–water partition coefficient (Wildman–Crippen LogP) is -0.859. The van der Waals surface area contributed by atoms with Gasteiger partial charge in [0.2, 0.25) is 0 Å². The predicted molar refractivity (Wildman–Crippen MR) is 91.4 cm³/mol. The summed E-state index contributed by atoms with van der Waals surface area (Å²) < 4.78 is 11.4. The summed E-state index contributed by atoms with van der Waals surface area (Å²) in [7, 11) is 0. The maximum Gasteiger partial charge on any atom is 0.350 e. The van der Waals surface area contributed by atoms with Crippen molar-refractivity contribution in [3.05, 3.63) is 64.3 Å². The van der Waals surface area contributed by atoms with Crippen molar-refractivity contribution in [1.29, 1.82) is 0 Å². The molecule has 4 unspecified atom stereocenters. The summed E-state index contributed by atoms with van der Waals surface area (Å²) in [5.41, 5.74) is 0.304. The van der Waals surface area contributed by atoms with Crippen molar-refractivity contribution < 1.29 is 29.6 Å². The number of esters is 1. The van der Waals surface area contributed by atoms with E-state index in [2.05, 4.69) is 4.98 Å². The van der Waals surface area contributed by atoms with Gasteiger partial charge < -0.3 is 24.8 Å². The molecule has 2 heterocycles. The first-order valence-electron chi connectivity index (χ1n) is 8.39. The average molecular weight is 376 g/mol. The van der Waals surface area contributed by atoms with Crippen LogP contribution >= 0.6 is 0 Å². The number of benzene rings is 1. The number of aliphatic hydroxyl groups is 3. The van der Waals surface area contributed by atoms with Crippen LogP contribution in [0, 0.1) is 0 Å². The molecule has 0 aliphatic carbocycles. The van der Waals surface area contributed by atoms with E-state index in [4.69, 9.17) is 14.6 Å². The fourth-order valence-electron chi connectivity index (χ4n) is 2.79. The van der Waals surface area contributed by atoms with Crippen LogP contribution < -0.4 is 5.69 Å². The van der Waals surface area contributed by atoms with Gasteiger partial charge in [-0.1, -0.05) is 30.3 Å². The van der Waals surface area contributed by atoms with Gasteiger partial charge in [-0.3, -0.25) is 9.36 Å². The maximum atomic E-state index is 12.2. The van der Waals surface area contributed by atoms with Gasteiger partial charge in [-0.2, -0.15) is 4.98 Å². The molecule has 9 nitrogen and oxygen atoms in total. The summed E-state index contributed by atoms with van der Waals surface area (Å²) in [6.07, 6.45) is -3.74. The zero-order chi connectivity index (χ0) is 19.4. The minimum absolute atomic E-state index is 0.124. The first-order valence-corrected chi connectivity index (χ1v) is 8.39. The molecule has 2 aromatic rings. The second-order valence-corrected chi connectivity index (χ2v) is 6.16. The molecule has 144 valence electrons. The molecular weight excluding hydrogens is 356 g/mol. The van der Waals surface area contributed by atoms with Gasteiger partial charge in [0.05, 0.1) is 18.7 Å². The molecule has 4 atom stereocenters. The van der Waals surface area contributed by atoms with Crippen LogP contribution in [-0.2, 0) is 27.3 Å². The van der Waals surface area contributed by atoms with Crippen molar-refractivity contribution in [3.8, 4) is 0 Å². The summed E-state index contributed by atoms with van der Waals surface area (Å²) in [6, 6.07) is 10.6. The Morgan fingerprint density at radius 3 is 2.56 bits per heavy atom. The van der Waals surface area contributed by atoms with Crippen LogP contribution in [0.5, 0.6) is 0 Å². The summed E-state index contributed by atoms with van der Waals surface area (Å²) in [4.78, 5) is 27.9. The van der Waals surface area contributed by atoms with E-state index in [-0.39, 0.29) is 18.7 Å². The lowest BCUT2D eigenvalue weighted by Gasteiger charge is -2.17. The summed E-state index contributed by atoms with van der Waals surface area (Å²) in [5, 5.41) is 28.9. The van der Waals surface area contributed by atoms with E-state index in [1.165, 1.54) is 12.3 Å². The van der Waals surface area contributed by atoms with Crippen molar-refractivity contribution in [2.24, 2.45) is 0 Å². The zero-order valence-electron chi connectivity index (χ0n) is 14.3. The molecule has 27 heavy (non-hydrogen) atoms. The second-order valence-electron chi connectivity index (χ2n) is 6.16. The third-order valence-corrected chi connectivity index (χ3v) is 4.25. The Labute approximate surface area is 154 Å². The Bertz CT molecular complexity index is 839. The van der Waals surface area contributed by atoms with Crippen LogP contribution in [0.4, 0.5) is 0 Å². The van der Waals surface area contributed by atoms with E-state index in [1.54, 1.807) is 0 Å². The van der Waals surface area contributed by atoms with Crippen molar-refractivity contribution in [1.82, 2.24) is 9.55 Å². The van der Waals surface area contributed by atoms with E-state index in [0.29, 0.717) is 0 Å². The van der Waals surface area contributed by atoms with Crippen LogP contribution in [0.25, 0.3) is 0 Å². The smallest absolute Gasteiger partial charge is 0.350 e. The molecule has 0 spiro atoms. The number of hydrogen-bond donors (Lipinski definition) is 3. The van der Waals surface area contributed by atoms with E-state index < -0.39 is 42.8 Å². The summed E-state index contributed by atoms with van der Waals surface area (Å²) in [6.45, 7) is -0.373. The number of carbonyl (C=O) groups excluding carboxylic acids is 1. The Kier molecular flexibility index (Phi) is 5.97. The highest BCUT2D eigenvalue weighted by molar-refractivity contribution is 5.71. The standard InChI is InChI=1S/C18H20N2O7/c21-9-13-15(23)16(24)17(27-13)20-7-6-12(19-18(20)25)8-14(22)26-10-11-4-2-1-3-5-11/h1-7,13,15-17,21,23-24H,8-10H2. The third kappa shape index (κ3) is 4.40. The molecule has 0 bridgehead atoms. The first kappa shape index (κ1) is 19.2. The Morgan fingerprint density at radius 1 is 1.19 bits per heavy atom. The highest BCUT2D eigenvalue weighted by Gasteiger charge is 2.43. The van der Waals surface area contributed by atoms with Crippen molar-refractivity contribution in [2.75, 3.05) is 6.61 Å². The number of rotatable bonds is 6. The number of hydrogen-bond acceptors (Lipinski definition) is 8. The summed E-state index contributed by atoms with van der Waals surface area (Å²) >= 11 is 0. The van der Waals surface area contributed by atoms with Gasteiger partial charge in [0.1, 0.15) is 24.9 Å². The number of ether oxygens (including phenoxy) is 2. The highest BCUT2D eigenvalue weighted by Crippen LogP contribution is 2.27. The average Bonchev–Trinajstić information content (AvgIpc) is 2.95. The normalized spacial score (nSPS) is 24.7. The van der Waals surface area contributed by atoms with Gasteiger partial charge in [0, 0.05) is 6.20 Å². The molecule has 0 radical (unpaired) electrons. The Balaban J connectivity index is 1.63. The molecule has 3 N–H and O–H groups in total. The van der Waals surface area contributed by atoms with Crippen molar-refractivity contribution in [2.45, 2.75) is 37.6 Å². The Hall–Kier alpha value is -2.59. The molecule has 3 rings (SSSR count). The number of nitrogens with zero attached hydrogens (tertiary/aromatic N) is 2. The molecule has 0 saturated carbocycles. The van der Waals surface area contributed by atoms with Gasteiger partial charge >= 0.3 is 11.7 Å². The van der Waals surface area contributed by atoms with Gasteiger partial charge in [-0.25, -0.2) is 4.79 Å². The largest absolute Gasteiger partial charge is 0.461 e. The van der Waals surface area contributed by atoms with E-state index >= 15 is 0 Å².